The molecule has 0 unspecified atom stereocenters. The van der Waals surface area contributed by atoms with E-state index in [4.69, 9.17) is 0 Å². The van der Waals surface area contributed by atoms with Crippen LogP contribution in [0.4, 0.5) is 19.0 Å². The van der Waals surface area contributed by atoms with Crippen LogP contribution < -0.4 is 5.32 Å². The Balaban J connectivity index is 1.77. The number of amides is 1. The van der Waals surface area contributed by atoms with Crippen LogP contribution >= 0.6 is 0 Å². The zero-order chi connectivity index (χ0) is 24.4. The van der Waals surface area contributed by atoms with Crippen molar-refractivity contribution in [1.29, 1.82) is 0 Å². The molecule has 0 saturated heterocycles. The lowest BCUT2D eigenvalue weighted by atomic mass is 10.2. The normalized spacial score (nSPS) is 14.7. The molecule has 0 radical (unpaired) electrons. The van der Waals surface area contributed by atoms with Crippen LogP contribution in [0.2, 0.25) is 0 Å². The first-order chi connectivity index (χ1) is 16.0. The van der Waals surface area contributed by atoms with Gasteiger partial charge in [-0.1, -0.05) is 6.92 Å². The molecular weight excluding hydrogens is 475 g/mol. The highest BCUT2D eigenvalue weighted by atomic mass is 32.2. The largest absolute Gasteiger partial charge is 0.417 e. The highest BCUT2D eigenvalue weighted by Crippen LogP contribution is 2.36. The Labute approximate surface area is 190 Å². The quantitative estimate of drug-likeness (QED) is 0.453. The summed E-state index contributed by atoms with van der Waals surface area (Å²) in [4.78, 5) is 24.7. The molecule has 4 aromatic heterocycles. The Morgan fingerprint density at radius 3 is 2.62 bits per heavy atom. The Kier molecular flexibility index (Phi) is 4.90. The van der Waals surface area contributed by atoms with E-state index in [0.717, 1.165) is 18.9 Å². The molecule has 1 aliphatic carbocycles. The molecule has 10 nitrogen and oxygen atoms in total. The lowest BCUT2D eigenvalue weighted by Gasteiger charge is -2.06. The summed E-state index contributed by atoms with van der Waals surface area (Å²) >= 11 is 0. The van der Waals surface area contributed by atoms with Crippen molar-refractivity contribution >= 4 is 38.4 Å². The van der Waals surface area contributed by atoms with Crippen molar-refractivity contribution in [2.45, 2.75) is 31.0 Å². The third-order valence-corrected chi connectivity index (χ3v) is 7.26. The molecule has 34 heavy (non-hydrogen) atoms. The molecular formula is C20H18F3N7O3S. The SMILES string of the molecule is CCS(=O)(=O)c1nn2c(NC(=O)C3CC3)ccnc2c1-c1nc2cc(C(F)(F)F)cnc2n1C. The van der Waals surface area contributed by atoms with Gasteiger partial charge in [-0.15, -0.1) is 0 Å². The maximum absolute atomic E-state index is 13.2. The number of hydrogen-bond acceptors (Lipinski definition) is 7. The number of nitrogens with one attached hydrogen (secondary N) is 1. The van der Waals surface area contributed by atoms with E-state index < -0.39 is 21.6 Å². The van der Waals surface area contributed by atoms with Crippen molar-refractivity contribution in [1.82, 2.24) is 29.1 Å². The zero-order valence-electron chi connectivity index (χ0n) is 18.0. The fourth-order valence-corrected chi connectivity index (χ4v) is 4.57. The first-order valence-corrected chi connectivity index (χ1v) is 12.0. The van der Waals surface area contributed by atoms with Crippen molar-refractivity contribution in [3.63, 3.8) is 0 Å². The maximum Gasteiger partial charge on any atom is 0.417 e. The molecule has 0 aliphatic heterocycles. The van der Waals surface area contributed by atoms with Gasteiger partial charge in [-0.05, 0) is 25.0 Å². The van der Waals surface area contributed by atoms with E-state index in [-0.39, 0.29) is 56.6 Å². The van der Waals surface area contributed by atoms with Crippen LogP contribution in [-0.2, 0) is 27.9 Å². The van der Waals surface area contributed by atoms with E-state index >= 15 is 0 Å². The number of sulfone groups is 1. The third-order valence-electron chi connectivity index (χ3n) is 5.62. The van der Waals surface area contributed by atoms with Gasteiger partial charge in [-0.3, -0.25) is 4.79 Å². The highest BCUT2D eigenvalue weighted by Gasteiger charge is 2.34. The van der Waals surface area contributed by atoms with Gasteiger partial charge < -0.3 is 9.88 Å². The number of aryl methyl sites for hydroxylation is 1. The lowest BCUT2D eigenvalue weighted by molar-refractivity contribution is -0.137. The Morgan fingerprint density at radius 2 is 1.97 bits per heavy atom. The Bertz CT molecular complexity index is 1570. The summed E-state index contributed by atoms with van der Waals surface area (Å²) in [5, 5.41) is 6.62. The van der Waals surface area contributed by atoms with Gasteiger partial charge in [0.05, 0.1) is 11.3 Å². The fourth-order valence-electron chi connectivity index (χ4n) is 3.60. The number of hydrogen-bond donors (Lipinski definition) is 1. The number of nitrogens with zero attached hydrogens (tertiary/aromatic N) is 6. The molecule has 0 atom stereocenters. The lowest BCUT2D eigenvalue weighted by Crippen LogP contribution is -2.16. The third kappa shape index (κ3) is 3.57. The second-order valence-corrected chi connectivity index (χ2v) is 10.2. The summed E-state index contributed by atoms with van der Waals surface area (Å²) in [7, 11) is -2.40. The Hall–Kier alpha value is -3.55. The van der Waals surface area contributed by atoms with Crippen molar-refractivity contribution in [3.8, 4) is 11.4 Å². The first-order valence-electron chi connectivity index (χ1n) is 10.3. The second-order valence-electron chi connectivity index (χ2n) is 7.97. The number of carbonyl (C=O) groups is 1. The van der Waals surface area contributed by atoms with Crippen molar-refractivity contribution < 1.29 is 26.4 Å². The fraction of sp³-hybridized carbons (Fsp3) is 0.350. The van der Waals surface area contributed by atoms with E-state index in [1.807, 2.05) is 0 Å². The molecule has 1 fully saturated rings. The van der Waals surface area contributed by atoms with Gasteiger partial charge in [0.15, 0.2) is 26.2 Å². The molecule has 4 aromatic rings. The van der Waals surface area contributed by atoms with Crippen LogP contribution in [-0.4, -0.2) is 49.2 Å². The predicted octanol–water partition coefficient (Wildman–Crippen LogP) is 2.84. The molecule has 5 rings (SSSR count). The van der Waals surface area contributed by atoms with E-state index in [0.29, 0.717) is 6.20 Å². The van der Waals surface area contributed by atoms with Crippen molar-refractivity contribution in [2.24, 2.45) is 13.0 Å². The summed E-state index contributed by atoms with van der Waals surface area (Å²) < 4.78 is 68.0. The van der Waals surface area contributed by atoms with Crippen molar-refractivity contribution in [2.75, 3.05) is 11.1 Å². The van der Waals surface area contributed by atoms with E-state index in [1.54, 1.807) is 0 Å². The molecule has 1 N–H and O–H groups in total. The van der Waals surface area contributed by atoms with Gasteiger partial charge in [0.25, 0.3) is 0 Å². The minimum absolute atomic E-state index is 0.0124. The van der Waals surface area contributed by atoms with Gasteiger partial charge in [0.1, 0.15) is 22.7 Å². The van der Waals surface area contributed by atoms with Crippen LogP contribution in [0.5, 0.6) is 0 Å². The second kappa shape index (κ2) is 7.48. The molecule has 0 aromatic carbocycles. The van der Waals surface area contributed by atoms with Crippen LogP contribution in [0.25, 0.3) is 28.2 Å². The minimum atomic E-state index is -4.61. The number of pyridine rings is 1. The number of fused-ring (bicyclic) bond motifs is 2. The van der Waals surface area contributed by atoms with E-state index in [1.165, 1.54) is 35.3 Å². The number of alkyl halides is 3. The maximum atomic E-state index is 13.2. The average molecular weight is 493 g/mol. The molecule has 1 saturated carbocycles. The highest BCUT2D eigenvalue weighted by molar-refractivity contribution is 7.91. The first kappa shape index (κ1) is 22.3. The average Bonchev–Trinajstić information content (AvgIpc) is 3.49. The summed E-state index contributed by atoms with van der Waals surface area (Å²) in [6, 6.07) is 2.33. The predicted molar refractivity (Wildman–Crippen MR) is 115 cm³/mol. The van der Waals surface area contributed by atoms with E-state index in [2.05, 4.69) is 25.4 Å². The molecule has 4 heterocycles. The zero-order valence-corrected chi connectivity index (χ0v) is 18.8. The monoisotopic (exact) mass is 493 g/mol. The van der Waals surface area contributed by atoms with Crippen LogP contribution in [0.15, 0.2) is 29.6 Å². The number of imidazole rings is 1. The number of carbonyl (C=O) groups excluding carboxylic acids is 1. The molecule has 14 heteroatoms. The standard InChI is InChI=1S/C20H18F3N7O3S/c1-3-34(32,33)19-14(16-24-7-6-13(30(16)28-19)27-18(31)10-4-5-10)17-26-12-8-11(20(21,22)23)9-25-15(12)29(17)2/h6-10H,3-5H2,1-2H3,(H,27,31). The molecule has 0 spiro atoms. The van der Waals surface area contributed by atoms with Gasteiger partial charge in [-0.25, -0.2) is 23.4 Å². The van der Waals surface area contributed by atoms with Gasteiger partial charge in [-0.2, -0.15) is 22.8 Å². The number of rotatable bonds is 5. The molecule has 0 bridgehead atoms. The number of aromatic nitrogens is 6. The van der Waals surface area contributed by atoms with Crippen LogP contribution in [0.3, 0.4) is 0 Å². The number of halogens is 3. The Morgan fingerprint density at radius 1 is 1.24 bits per heavy atom. The smallest absolute Gasteiger partial charge is 0.312 e. The van der Waals surface area contributed by atoms with Crippen LogP contribution in [0, 0.1) is 5.92 Å². The topological polar surface area (TPSA) is 124 Å². The molecule has 1 amide bonds. The van der Waals surface area contributed by atoms with Gasteiger partial charge >= 0.3 is 6.18 Å². The molecule has 1 aliphatic rings. The summed E-state index contributed by atoms with van der Waals surface area (Å²) in [5.41, 5.74) is -0.826. The number of anilines is 1. The van der Waals surface area contributed by atoms with Crippen molar-refractivity contribution in [3.05, 3.63) is 30.1 Å². The van der Waals surface area contributed by atoms with E-state index in [9.17, 15) is 26.4 Å². The molecule has 178 valence electrons. The summed E-state index contributed by atoms with van der Waals surface area (Å²) in [6.45, 7) is 1.44. The van der Waals surface area contributed by atoms with Crippen LogP contribution in [0.1, 0.15) is 25.3 Å². The van der Waals surface area contributed by atoms with Gasteiger partial charge in [0, 0.05) is 25.4 Å². The summed E-state index contributed by atoms with van der Waals surface area (Å²) in [6.07, 6.45) is -0.999. The van der Waals surface area contributed by atoms with Gasteiger partial charge in [0.2, 0.25) is 5.91 Å². The summed E-state index contributed by atoms with van der Waals surface area (Å²) in [5.74, 6) is -0.352. The minimum Gasteiger partial charge on any atom is -0.312 e.